The van der Waals surface area contributed by atoms with Crippen LogP contribution >= 0.6 is 11.6 Å². The van der Waals surface area contributed by atoms with Gasteiger partial charge in [-0.2, -0.15) is 0 Å². The van der Waals surface area contributed by atoms with Gasteiger partial charge in [0.15, 0.2) is 0 Å². The highest BCUT2D eigenvalue weighted by molar-refractivity contribution is 6.33. The first-order valence-corrected chi connectivity index (χ1v) is 7.39. The van der Waals surface area contributed by atoms with E-state index in [9.17, 15) is 4.79 Å². The Balaban J connectivity index is 1.76. The Morgan fingerprint density at radius 3 is 2.81 bits per heavy atom. The molecular formula is C15H21ClN2O3. The molecule has 1 aliphatic heterocycles. The number of anilines is 1. The molecule has 1 aliphatic rings. The van der Waals surface area contributed by atoms with E-state index >= 15 is 0 Å². The molecule has 1 atom stereocenters. The van der Waals surface area contributed by atoms with Crippen LogP contribution in [0.25, 0.3) is 0 Å². The molecule has 0 saturated carbocycles. The summed E-state index contributed by atoms with van der Waals surface area (Å²) in [6, 6.07) is 7.02. The van der Waals surface area contributed by atoms with E-state index in [4.69, 9.17) is 21.1 Å². The Morgan fingerprint density at radius 2 is 2.14 bits per heavy atom. The molecule has 0 radical (unpaired) electrons. The molecule has 0 unspecified atom stereocenters. The number of carbonyl (C=O) groups is 1. The van der Waals surface area contributed by atoms with Crippen molar-refractivity contribution in [1.29, 1.82) is 0 Å². The van der Waals surface area contributed by atoms with Crippen molar-refractivity contribution >= 4 is 23.2 Å². The average Bonchev–Trinajstić information content (AvgIpc) is 2.43. The van der Waals surface area contributed by atoms with Gasteiger partial charge in [-0.05, 0) is 19.1 Å². The first-order valence-electron chi connectivity index (χ1n) is 7.01. The van der Waals surface area contributed by atoms with Crippen LogP contribution in [0.15, 0.2) is 24.3 Å². The van der Waals surface area contributed by atoms with Crippen LogP contribution in [0.5, 0.6) is 0 Å². The SMILES string of the molecule is COCCOC1CN([C@@H](C)C(=O)Nc2ccccc2Cl)C1. The quantitative estimate of drug-likeness (QED) is 0.783. The molecular weight excluding hydrogens is 292 g/mol. The molecule has 116 valence electrons. The molecule has 1 fully saturated rings. The number of rotatable bonds is 7. The number of hydrogen-bond donors (Lipinski definition) is 1. The van der Waals surface area contributed by atoms with E-state index in [-0.39, 0.29) is 18.1 Å². The van der Waals surface area contributed by atoms with Crippen molar-refractivity contribution in [2.24, 2.45) is 0 Å². The van der Waals surface area contributed by atoms with Crippen LogP contribution in [-0.2, 0) is 14.3 Å². The van der Waals surface area contributed by atoms with E-state index in [0.29, 0.717) is 23.9 Å². The van der Waals surface area contributed by atoms with Crippen molar-refractivity contribution in [3.8, 4) is 0 Å². The van der Waals surface area contributed by atoms with Crippen LogP contribution in [0.3, 0.4) is 0 Å². The third kappa shape index (κ3) is 4.41. The van der Waals surface area contributed by atoms with Gasteiger partial charge in [-0.25, -0.2) is 0 Å². The molecule has 1 heterocycles. The number of para-hydroxylation sites is 1. The lowest BCUT2D eigenvalue weighted by molar-refractivity contribution is -0.128. The number of hydrogen-bond acceptors (Lipinski definition) is 4. The van der Waals surface area contributed by atoms with Crippen molar-refractivity contribution in [2.45, 2.75) is 19.1 Å². The molecule has 5 nitrogen and oxygen atoms in total. The van der Waals surface area contributed by atoms with Crippen LogP contribution in [0.2, 0.25) is 5.02 Å². The molecule has 0 bridgehead atoms. The predicted octanol–water partition coefficient (Wildman–Crippen LogP) is 2.01. The fourth-order valence-corrected chi connectivity index (χ4v) is 2.34. The topological polar surface area (TPSA) is 50.8 Å². The largest absolute Gasteiger partial charge is 0.382 e. The summed E-state index contributed by atoms with van der Waals surface area (Å²) in [6.07, 6.45) is 0.190. The third-order valence-corrected chi connectivity index (χ3v) is 3.91. The van der Waals surface area contributed by atoms with E-state index in [0.717, 1.165) is 13.1 Å². The highest BCUT2D eigenvalue weighted by Gasteiger charge is 2.34. The number of benzene rings is 1. The number of likely N-dealkylation sites (tertiary alicyclic amines) is 1. The zero-order valence-electron chi connectivity index (χ0n) is 12.3. The molecule has 0 spiro atoms. The van der Waals surface area contributed by atoms with E-state index in [1.165, 1.54) is 0 Å². The summed E-state index contributed by atoms with van der Waals surface area (Å²) in [5, 5.41) is 3.40. The van der Waals surface area contributed by atoms with E-state index < -0.39 is 0 Å². The molecule has 1 N–H and O–H groups in total. The minimum absolute atomic E-state index is 0.0570. The molecule has 1 amide bonds. The van der Waals surface area contributed by atoms with E-state index in [2.05, 4.69) is 10.2 Å². The fourth-order valence-electron chi connectivity index (χ4n) is 2.15. The normalized spacial score (nSPS) is 17.3. The highest BCUT2D eigenvalue weighted by Crippen LogP contribution is 2.22. The second-order valence-corrected chi connectivity index (χ2v) is 5.49. The molecule has 1 aromatic rings. The molecule has 1 saturated heterocycles. The van der Waals surface area contributed by atoms with Crippen LogP contribution in [-0.4, -0.2) is 56.4 Å². The smallest absolute Gasteiger partial charge is 0.241 e. The second-order valence-electron chi connectivity index (χ2n) is 5.08. The molecule has 6 heteroatoms. The summed E-state index contributed by atoms with van der Waals surface area (Å²) in [5.74, 6) is -0.0570. The first-order chi connectivity index (χ1) is 10.1. The summed E-state index contributed by atoms with van der Waals surface area (Å²) in [6.45, 7) is 4.60. The van der Waals surface area contributed by atoms with Crippen LogP contribution in [0.4, 0.5) is 5.69 Å². The van der Waals surface area contributed by atoms with Gasteiger partial charge >= 0.3 is 0 Å². The fraction of sp³-hybridized carbons (Fsp3) is 0.533. The molecule has 2 rings (SSSR count). The lowest BCUT2D eigenvalue weighted by Gasteiger charge is -2.42. The van der Waals surface area contributed by atoms with Crippen LogP contribution in [0, 0.1) is 0 Å². The number of amides is 1. The lowest BCUT2D eigenvalue weighted by Crippen LogP contribution is -2.58. The molecule has 21 heavy (non-hydrogen) atoms. The average molecular weight is 313 g/mol. The Kier molecular flexibility index (Phi) is 5.99. The van der Waals surface area contributed by atoms with Gasteiger partial charge in [0.1, 0.15) is 0 Å². The molecule has 1 aromatic carbocycles. The third-order valence-electron chi connectivity index (χ3n) is 3.58. The summed E-state index contributed by atoms with van der Waals surface area (Å²) in [4.78, 5) is 14.3. The Hall–Kier alpha value is -1.14. The maximum atomic E-state index is 12.2. The second kappa shape index (κ2) is 7.75. The summed E-state index contributed by atoms with van der Waals surface area (Å²) in [5.41, 5.74) is 0.643. The molecule has 0 aliphatic carbocycles. The zero-order chi connectivity index (χ0) is 15.2. The van der Waals surface area contributed by atoms with Gasteiger partial charge in [0.05, 0.1) is 36.1 Å². The van der Waals surface area contributed by atoms with Gasteiger partial charge in [0, 0.05) is 20.2 Å². The van der Waals surface area contributed by atoms with Gasteiger partial charge in [0.25, 0.3) is 0 Å². The number of carbonyl (C=O) groups excluding carboxylic acids is 1. The highest BCUT2D eigenvalue weighted by atomic mass is 35.5. The van der Waals surface area contributed by atoms with Crippen molar-refractivity contribution in [3.63, 3.8) is 0 Å². The summed E-state index contributed by atoms with van der Waals surface area (Å²) < 4.78 is 10.5. The monoisotopic (exact) mass is 312 g/mol. The Bertz CT molecular complexity index is 478. The predicted molar refractivity (Wildman–Crippen MR) is 82.7 cm³/mol. The van der Waals surface area contributed by atoms with E-state index in [1.54, 1.807) is 19.2 Å². The van der Waals surface area contributed by atoms with Crippen molar-refractivity contribution in [1.82, 2.24) is 4.90 Å². The lowest BCUT2D eigenvalue weighted by atomic mass is 10.1. The number of methoxy groups -OCH3 is 1. The van der Waals surface area contributed by atoms with Gasteiger partial charge in [-0.15, -0.1) is 0 Å². The van der Waals surface area contributed by atoms with Crippen molar-refractivity contribution in [2.75, 3.05) is 38.7 Å². The van der Waals surface area contributed by atoms with E-state index in [1.807, 2.05) is 19.1 Å². The number of nitrogens with zero attached hydrogens (tertiary/aromatic N) is 1. The van der Waals surface area contributed by atoms with Gasteiger partial charge in [-0.1, -0.05) is 23.7 Å². The Labute approximate surface area is 130 Å². The van der Waals surface area contributed by atoms with Gasteiger partial charge in [0.2, 0.25) is 5.91 Å². The van der Waals surface area contributed by atoms with Crippen LogP contribution < -0.4 is 5.32 Å². The van der Waals surface area contributed by atoms with Gasteiger partial charge in [-0.3, -0.25) is 9.69 Å². The zero-order valence-corrected chi connectivity index (χ0v) is 13.1. The van der Waals surface area contributed by atoms with Crippen molar-refractivity contribution in [3.05, 3.63) is 29.3 Å². The van der Waals surface area contributed by atoms with Gasteiger partial charge < -0.3 is 14.8 Å². The first kappa shape index (κ1) is 16.2. The number of halogens is 1. The number of nitrogens with one attached hydrogen (secondary N) is 1. The maximum absolute atomic E-state index is 12.2. The van der Waals surface area contributed by atoms with Crippen LogP contribution in [0.1, 0.15) is 6.92 Å². The van der Waals surface area contributed by atoms with Crippen molar-refractivity contribution < 1.29 is 14.3 Å². The number of ether oxygens (including phenoxy) is 2. The minimum Gasteiger partial charge on any atom is -0.382 e. The minimum atomic E-state index is -0.205. The maximum Gasteiger partial charge on any atom is 0.241 e. The summed E-state index contributed by atoms with van der Waals surface area (Å²) in [7, 11) is 1.65. The molecule has 0 aromatic heterocycles. The Morgan fingerprint density at radius 1 is 1.43 bits per heavy atom. The summed E-state index contributed by atoms with van der Waals surface area (Å²) >= 11 is 6.03. The standard InChI is InChI=1S/C15H21ClN2O3/c1-11(18-9-12(10-18)21-8-7-20-2)15(19)17-14-6-4-3-5-13(14)16/h3-6,11-12H,7-10H2,1-2H3,(H,17,19)/t11-/m0/s1.